The van der Waals surface area contributed by atoms with Gasteiger partial charge in [-0.3, -0.25) is 0 Å². The molecule has 0 fully saturated rings. The smallest absolute Gasteiger partial charge is 0.0852 e. The largest absolute Gasteiger partial charge is 0.250 e. The highest BCUT2D eigenvalue weighted by molar-refractivity contribution is 4.98. The van der Waals surface area contributed by atoms with Gasteiger partial charge >= 0.3 is 0 Å². The van der Waals surface area contributed by atoms with Gasteiger partial charge in [0.15, 0.2) is 0 Å². The van der Waals surface area contributed by atoms with Crippen LogP contribution in [0.15, 0.2) is 18.3 Å². The lowest BCUT2D eigenvalue weighted by molar-refractivity contribution is 0.476. The molecule has 0 radical (unpaired) electrons. The van der Waals surface area contributed by atoms with Crippen molar-refractivity contribution in [3.8, 4) is 0 Å². The van der Waals surface area contributed by atoms with Gasteiger partial charge in [0.2, 0.25) is 0 Å². The van der Waals surface area contributed by atoms with Crippen LogP contribution in [-0.4, -0.2) is 15.0 Å². The molecule has 0 saturated carbocycles. The van der Waals surface area contributed by atoms with Gasteiger partial charge in [0.05, 0.1) is 5.69 Å². The molecule has 0 amide bonds. The van der Waals surface area contributed by atoms with Crippen molar-refractivity contribution in [1.82, 2.24) is 15.0 Å². The van der Waals surface area contributed by atoms with Gasteiger partial charge < -0.3 is 0 Å². The molecule has 0 saturated heterocycles. The highest BCUT2D eigenvalue weighted by atomic mass is 15.4. The molecular formula is C24H49N3. The summed E-state index contributed by atoms with van der Waals surface area (Å²) < 4.78 is 1.88. The van der Waals surface area contributed by atoms with Crippen LogP contribution in [0.3, 0.4) is 0 Å². The van der Waals surface area contributed by atoms with Gasteiger partial charge in [-0.25, -0.2) is 4.68 Å². The number of hydrogen-bond acceptors (Lipinski definition) is 2. The molecule has 27 heavy (non-hydrogen) atoms. The summed E-state index contributed by atoms with van der Waals surface area (Å²) in [5.74, 6) is 3.66. The van der Waals surface area contributed by atoms with Crippen LogP contribution in [0.2, 0.25) is 0 Å². The quantitative estimate of drug-likeness (QED) is 0.450. The fourth-order valence-corrected chi connectivity index (χ4v) is 1.92. The Morgan fingerprint density at radius 3 is 1.33 bits per heavy atom. The minimum absolute atomic E-state index is 0.412. The average molecular weight is 380 g/mol. The molecule has 1 heterocycles. The van der Waals surface area contributed by atoms with Crippen molar-refractivity contribution in [2.24, 2.45) is 23.7 Å². The Morgan fingerprint density at radius 1 is 0.741 bits per heavy atom. The van der Waals surface area contributed by atoms with E-state index in [-0.39, 0.29) is 0 Å². The number of hydrogen-bond donors (Lipinski definition) is 0. The normalized spacial score (nSPS) is 11.6. The molecule has 1 rings (SSSR count). The van der Waals surface area contributed by atoms with Crippen LogP contribution in [-0.2, 0) is 0 Å². The second kappa shape index (κ2) is 15.9. The highest BCUT2D eigenvalue weighted by Gasteiger charge is 2.05. The van der Waals surface area contributed by atoms with Crippen LogP contribution in [0.4, 0.5) is 0 Å². The summed E-state index contributed by atoms with van der Waals surface area (Å²) in [6.45, 7) is 26.3. The van der Waals surface area contributed by atoms with Gasteiger partial charge in [-0.2, -0.15) is 0 Å². The zero-order chi connectivity index (χ0) is 21.6. The van der Waals surface area contributed by atoms with Crippen molar-refractivity contribution in [3.63, 3.8) is 0 Å². The molecule has 0 aliphatic rings. The van der Waals surface area contributed by atoms with E-state index in [1.165, 1.54) is 12.8 Å². The van der Waals surface area contributed by atoms with Crippen LogP contribution < -0.4 is 0 Å². The van der Waals surface area contributed by atoms with Crippen molar-refractivity contribution in [2.45, 2.75) is 108 Å². The van der Waals surface area contributed by atoms with Crippen LogP contribution in [0.25, 0.3) is 0 Å². The van der Waals surface area contributed by atoms with E-state index in [0.29, 0.717) is 23.8 Å². The number of allylic oxidation sites excluding steroid dienone is 2. The van der Waals surface area contributed by atoms with Gasteiger partial charge in [0, 0.05) is 12.2 Å². The summed E-state index contributed by atoms with van der Waals surface area (Å²) in [5.41, 5.74) is 1.07. The molecule has 0 aliphatic heterocycles. The van der Waals surface area contributed by atoms with Crippen LogP contribution in [0, 0.1) is 23.7 Å². The Balaban J connectivity index is 0. The molecule has 0 unspecified atom stereocenters. The first-order valence-corrected chi connectivity index (χ1v) is 11.0. The van der Waals surface area contributed by atoms with Crippen molar-refractivity contribution in [2.75, 3.05) is 0 Å². The fourth-order valence-electron chi connectivity index (χ4n) is 1.92. The summed E-state index contributed by atoms with van der Waals surface area (Å²) >= 11 is 0. The predicted molar refractivity (Wildman–Crippen MR) is 122 cm³/mol. The Morgan fingerprint density at radius 2 is 1.15 bits per heavy atom. The second-order valence-electron chi connectivity index (χ2n) is 9.61. The van der Waals surface area contributed by atoms with Crippen LogP contribution in [0.5, 0.6) is 0 Å². The van der Waals surface area contributed by atoms with Gasteiger partial charge in [-0.05, 0) is 43.4 Å². The summed E-state index contributed by atoms with van der Waals surface area (Å²) in [7, 11) is 0. The molecule has 0 N–H and O–H groups in total. The molecule has 0 aromatic carbocycles. The third-order valence-corrected chi connectivity index (χ3v) is 3.85. The zero-order valence-electron chi connectivity index (χ0n) is 20.5. The van der Waals surface area contributed by atoms with E-state index in [0.717, 1.165) is 17.5 Å². The summed E-state index contributed by atoms with van der Waals surface area (Å²) in [4.78, 5) is 0. The van der Waals surface area contributed by atoms with Crippen LogP contribution >= 0.6 is 0 Å². The third-order valence-electron chi connectivity index (χ3n) is 3.85. The van der Waals surface area contributed by atoms with Gasteiger partial charge in [0.1, 0.15) is 0 Å². The van der Waals surface area contributed by atoms with E-state index in [1.54, 1.807) is 0 Å². The molecule has 1 aromatic heterocycles. The minimum Gasteiger partial charge on any atom is -0.250 e. The van der Waals surface area contributed by atoms with Crippen molar-refractivity contribution < 1.29 is 0 Å². The molecular weight excluding hydrogens is 330 g/mol. The van der Waals surface area contributed by atoms with E-state index < -0.39 is 0 Å². The molecule has 0 atom stereocenters. The average Bonchev–Trinajstić information content (AvgIpc) is 3.03. The molecule has 3 nitrogen and oxygen atoms in total. The van der Waals surface area contributed by atoms with E-state index in [4.69, 9.17) is 0 Å². The molecule has 0 bridgehead atoms. The monoisotopic (exact) mass is 379 g/mol. The molecule has 3 heteroatoms. The van der Waals surface area contributed by atoms with Gasteiger partial charge in [0.25, 0.3) is 0 Å². The number of aromatic nitrogens is 3. The van der Waals surface area contributed by atoms with E-state index in [2.05, 4.69) is 106 Å². The standard InChI is InChI=1S/C8H15N3.C8H18.C8H16/c1-6(2)8-5-11(7(3)4)10-9-8;2*1-7(2)5-6-8(3)4/h5-7H,1-4H3;7-8H,5-6H2,1-4H3;5-8H,1-4H3/b;;6-5+. The SMILES string of the molecule is CC(C)/C=C/C(C)C.CC(C)CCC(C)C.CC(C)c1cn(C(C)C)nn1. The van der Waals surface area contributed by atoms with E-state index >= 15 is 0 Å². The van der Waals surface area contributed by atoms with Crippen molar-refractivity contribution in [1.29, 1.82) is 0 Å². The summed E-state index contributed by atoms with van der Waals surface area (Å²) in [5, 5.41) is 8.05. The summed E-state index contributed by atoms with van der Waals surface area (Å²) in [6, 6.07) is 0.412. The predicted octanol–water partition coefficient (Wildman–Crippen LogP) is 7.92. The summed E-state index contributed by atoms with van der Waals surface area (Å²) in [6.07, 6.45) is 9.26. The molecule has 1 aromatic rings. The Bertz CT molecular complexity index is 425. The van der Waals surface area contributed by atoms with Gasteiger partial charge in [-0.15, -0.1) is 5.10 Å². The molecule has 160 valence electrons. The minimum atomic E-state index is 0.412. The fraction of sp³-hybridized carbons (Fsp3) is 0.833. The maximum Gasteiger partial charge on any atom is 0.0852 e. The first-order chi connectivity index (χ1) is 12.4. The van der Waals surface area contributed by atoms with Crippen molar-refractivity contribution >= 4 is 0 Å². The third kappa shape index (κ3) is 19.4. The number of nitrogens with zero attached hydrogens (tertiary/aromatic N) is 3. The second-order valence-corrected chi connectivity index (χ2v) is 9.61. The maximum absolute atomic E-state index is 4.05. The highest BCUT2D eigenvalue weighted by Crippen LogP contribution is 2.11. The Labute approximate surface area is 171 Å². The molecule has 0 aliphatic carbocycles. The first-order valence-electron chi connectivity index (χ1n) is 11.0. The first kappa shape index (κ1) is 28.1. The lowest BCUT2D eigenvalue weighted by Gasteiger charge is -2.05. The lowest BCUT2D eigenvalue weighted by Crippen LogP contribution is -2.00. The van der Waals surface area contributed by atoms with E-state index in [1.807, 2.05) is 10.9 Å². The van der Waals surface area contributed by atoms with E-state index in [9.17, 15) is 0 Å². The molecule has 0 spiro atoms. The van der Waals surface area contributed by atoms with Crippen molar-refractivity contribution in [3.05, 3.63) is 24.0 Å². The Kier molecular flexibility index (Phi) is 16.5. The Hall–Kier alpha value is -1.12. The number of rotatable bonds is 7. The van der Waals surface area contributed by atoms with Crippen LogP contribution in [0.1, 0.15) is 114 Å². The maximum atomic E-state index is 4.05. The topological polar surface area (TPSA) is 30.7 Å². The van der Waals surface area contributed by atoms with Gasteiger partial charge in [-0.1, -0.05) is 99.4 Å². The lowest BCUT2D eigenvalue weighted by atomic mass is 10.0. The zero-order valence-corrected chi connectivity index (χ0v) is 20.5.